The fraction of sp³-hybridized carbons (Fsp3) is 0.136. The van der Waals surface area contributed by atoms with Crippen LogP contribution in [0.5, 0.6) is 0 Å². The van der Waals surface area contributed by atoms with E-state index in [4.69, 9.17) is 0 Å². The van der Waals surface area contributed by atoms with Gasteiger partial charge in [0.05, 0.1) is 20.0 Å². The van der Waals surface area contributed by atoms with E-state index < -0.39 is 10.8 Å². The van der Waals surface area contributed by atoms with E-state index in [1.807, 2.05) is 23.6 Å². The van der Waals surface area contributed by atoms with Crippen LogP contribution in [0.2, 0.25) is 0 Å². The van der Waals surface area contributed by atoms with Crippen LogP contribution in [0.3, 0.4) is 0 Å². The molecule has 0 spiro atoms. The summed E-state index contributed by atoms with van der Waals surface area (Å²) in [4.78, 5) is 27.9. The zero-order chi connectivity index (χ0) is 23.4. The predicted molar refractivity (Wildman–Crippen MR) is 130 cm³/mol. The Balaban J connectivity index is 1.56. The summed E-state index contributed by atoms with van der Waals surface area (Å²) in [5.74, 6) is 0.122. The number of azo groups is 1. The highest BCUT2D eigenvalue weighted by Gasteiger charge is 2.11. The summed E-state index contributed by atoms with van der Waals surface area (Å²) < 4.78 is 1.02. The van der Waals surface area contributed by atoms with E-state index in [0.717, 1.165) is 10.2 Å². The van der Waals surface area contributed by atoms with Gasteiger partial charge in [-0.05, 0) is 47.2 Å². The van der Waals surface area contributed by atoms with Gasteiger partial charge in [-0.1, -0.05) is 37.3 Å². The maximum absolute atomic E-state index is 12.4. The summed E-state index contributed by atoms with van der Waals surface area (Å²) in [7, 11) is 0. The van der Waals surface area contributed by atoms with Gasteiger partial charge in [0.2, 0.25) is 11.0 Å². The van der Waals surface area contributed by atoms with Gasteiger partial charge in [0, 0.05) is 17.7 Å². The lowest BCUT2D eigenvalue weighted by atomic mass is 10.0. The highest BCUT2D eigenvalue weighted by Crippen LogP contribution is 2.31. The van der Waals surface area contributed by atoms with Gasteiger partial charge in [-0.25, -0.2) is 10.4 Å². The lowest BCUT2D eigenvalue weighted by molar-refractivity contribution is -0.384. The maximum atomic E-state index is 12.4. The molecule has 0 fully saturated rings. The van der Waals surface area contributed by atoms with Crippen LogP contribution in [0, 0.1) is 10.1 Å². The fourth-order valence-electron chi connectivity index (χ4n) is 2.86. The number of nitrogens with zero attached hydrogens (tertiary/aromatic N) is 5. The number of amidine groups is 1. The molecule has 0 unspecified atom stereocenters. The van der Waals surface area contributed by atoms with Gasteiger partial charge < -0.3 is 0 Å². The number of nitro benzene ring substituents is 1. The monoisotopic (exact) mass is 478 g/mol. The molecule has 0 saturated carbocycles. The summed E-state index contributed by atoms with van der Waals surface area (Å²) in [6.07, 6.45) is 0. The smallest absolute Gasteiger partial charge is 0.267 e. The van der Waals surface area contributed by atoms with Crippen molar-refractivity contribution in [2.24, 2.45) is 15.3 Å². The molecule has 0 atom stereocenters. The first-order chi connectivity index (χ1) is 15.9. The Morgan fingerprint density at radius 1 is 1.15 bits per heavy atom. The van der Waals surface area contributed by atoms with Crippen LogP contribution >= 0.6 is 22.7 Å². The van der Waals surface area contributed by atoms with Crippen LogP contribution in [-0.4, -0.2) is 21.7 Å². The number of thiazole rings is 1. The molecule has 2 aromatic heterocycles. The molecule has 1 amide bonds. The van der Waals surface area contributed by atoms with Gasteiger partial charge in [-0.3, -0.25) is 14.9 Å². The molecule has 0 bridgehead atoms. The Labute approximate surface area is 196 Å². The zero-order valence-electron chi connectivity index (χ0n) is 17.6. The van der Waals surface area contributed by atoms with Crippen LogP contribution in [0.15, 0.2) is 75.3 Å². The normalized spacial score (nSPS) is 12.0. The molecule has 33 heavy (non-hydrogen) atoms. The van der Waals surface area contributed by atoms with E-state index in [9.17, 15) is 14.9 Å². The van der Waals surface area contributed by atoms with Crippen molar-refractivity contribution >= 4 is 55.5 Å². The average Bonchev–Trinajstić information content (AvgIpc) is 3.48. The molecule has 4 rings (SSSR count). The van der Waals surface area contributed by atoms with E-state index in [1.165, 1.54) is 52.5 Å². The van der Waals surface area contributed by atoms with Crippen molar-refractivity contribution in [3.05, 3.63) is 86.1 Å². The van der Waals surface area contributed by atoms with Crippen LogP contribution in [0.25, 0.3) is 10.2 Å². The van der Waals surface area contributed by atoms with Crippen molar-refractivity contribution in [2.45, 2.75) is 19.8 Å². The van der Waals surface area contributed by atoms with Crippen molar-refractivity contribution in [3.8, 4) is 0 Å². The largest absolute Gasteiger partial charge is 0.271 e. The number of thiophene rings is 1. The SMILES string of the molecule is CC(C)c1ccc2nc(N=N/C(=N/NC(=O)c3ccc([N+](=O)[O-])cc3)c3cccs3)sc2c1. The fourth-order valence-corrected chi connectivity index (χ4v) is 4.34. The zero-order valence-corrected chi connectivity index (χ0v) is 19.3. The topological polar surface area (TPSA) is 122 Å². The number of carbonyl (C=O) groups excluding carboxylic acids is 1. The van der Waals surface area contributed by atoms with Crippen LogP contribution in [0.4, 0.5) is 10.8 Å². The van der Waals surface area contributed by atoms with Gasteiger partial charge in [-0.2, -0.15) is 0 Å². The van der Waals surface area contributed by atoms with Crippen molar-refractivity contribution in [2.75, 3.05) is 0 Å². The number of hydrazone groups is 1. The van der Waals surface area contributed by atoms with Crippen LogP contribution in [0.1, 0.15) is 40.6 Å². The molecule has 2 aromatic carbocycles. The first kappa shape index (κ1) is 22.4. The molecule has 1 N–H and O–H groups in total. The van der Waals surface area contributed by atoms with E-state index in [-0.39, 0.29) is 17.1 Å². The number of nitro groups is 1. The molecule has 2 heterocycles. The van der Waals surface area contributed by atoms with Gasteiger partial charge in [0.25, 0.3) is 11.6 Å². The lowest BCUT2D eigenvalue weighted by Gasteiger charge is -2.03. The number of aromatic nitrogens is 1. The second-order valence-corrected chi connectivity index (χ2v) is 9.19. The number of rotatable bonds is 6. The van der Waals surface area contributed by atoms with Crippen molar-refractivity contribution in [1.82, 2.24) is 10.4 Å². The van der Waals surface area contributed by atoms with Gasteiger partial charge in [0.1, 0.15) is 0 Å². The first-order valence-corrected chi connectivity index (χ1v) is 11.6. The molecular weight excluding hydrogens is 460 g/mol. The summed E-state index contributed by atoms with van der Waals surface area (Å²) in [5.41, 5.74) is 4.64. The second-order valence-electron chi connectivity index (χ2n) is 7.24. The molecule has 0 aliphatic carbocycles. The molecule has 11 heteroatoms. The predicted octanol–water partition coefficient (Wildman–Crippen LogP) is 6.26. The van der Waals surface area contributed by atoms with E-state index in [2.05, 4.69) is 51.7 Å². The van der Waals surface area contributed by atoms with Gasteiger partial charge >= 0.3 is 0 Å². The second kappa shape index (κ2) is 9.76. The number of amides is 1. The molecule has 4 aromatic rings. The van der Waals surface area contributed by atoms with E-state index >= 15 is 0 Å². The third kappa shape index (κ3) is 5.33. The van der Waals surface area contributed by atoms with E-state index in [0.29, 0.717) is 15.9 Å². The third-order valence-corrected chi connectivity index (χ3v) is 6.41. The molecule has 0 aliphatic heterocycles. The summed E-state index contributed by atoms with van der Waals surface area (Å²) in [6.45, 7) is 4.27. The summed E-state index contributed by atoms with van der Waals surface area (Å²) in [5, 5.41) is 25.7. The number of fused-ring (bicyclic) bond motifs is 1. The molecule has 166 valence electrons. The Morgan fingerprint density at radius 3 is 2.61 bits per heavy atom. The quantitative estimate of drug-likeness (QED) is 0.115. The molecule has 9 nitrogen and oxygen atoms in total. The van der Waals surface area contributed by atoms with Crippen molar-refractivity contribution in [3.63, 3.8) is 0 Å². The molecular formula is C22H18N6O3S2. The van der Waals surface area contributed by atoms with Crippen molar-refractivity contribution in [1.29, 1.82) is 0 Å². The minimum absolute atomic E-state index is 0.0977. The average molecular weight is 479 g/mol. The third-order valence-electron chi connectivity index (χ3n) is 4.64. The lowest BCUT2D eigenvalue weighted by Crippen LogP contribution is -2.19. The Hall–Kier alpha value is -3.83. The van der Waals surface area contributed by atoms with Crippen LogP contribution in [-0.2, 0) is 0 Å². The summed E-state index contributed by atoms with van der Waals surface area (Å²) in [6, 6.07) is 15.0. The highest BCUT2D eigenvalue weighted by molar-refractivity contribution is 7.21. The van der Waals surface area contributed by atoms with Gasteiger partial charge in [-0.15, -0.1) is 26.7 Å². The standard InChI is InChI=1S/C22H18N6O3S2/c1-13(2)15-7-10-17-19(12-15)33-22(23-17)27-25-20(18-4-3-11-32-18)24-26-21(29)14-5-8-16(9-6-14)28(30)31/h3-13H,1-2H3,(H,26,29)/b24-20+,27-25?. The van der Waals surface area contributed by atoms with Crippen molar-refractivity contribution < 1.29 is 9.72 Å². The number of hydrogen-bond donors (Lipinski definition) is 1. The van der Waals surface area contributed by atoms with Crippen LogP contribution < -0.4 is 5.43 Å². The first-order valence-electron chi connectivity index (χ1n) is 9.89. The number of carbonyl (C=O) groups is 1. The minimum atomic E-state index is -0.527. The van der Waals surface area contributed by atoms with Gasteiger partial charge in [0.15, 0.2) is 0 Å². The minimum Gasteiger partial charge on any atom is -0.267 e. The molecule has 0 aliphatic rings. The number of hydrogen-bond acceptors (Lipinski definition) is 8. The number of nitrogens with one attached hydrogen (secondary N) is 1. The molecule has 0 saturated heterocycles. The molecule has 0 radical (unpaired) electrons. The van der Waals surface area contributed by atoms with E-state index in [1.54, 1.807) is 0 Å². The Bertz CT molecular complexity index is 1360. The maximum Gasteiger partial charge on any atom is 0.271 e. The summed E-state index contributed by atoms with van der Waals surface area (Å²) >= 11 is 2.83. The number of benzene rings is 2. The highest BCUT2D eigenvalue weighted by atomic mass is 32.1. The number of non-ortho nitro benzene ring substituents is 1. The Morgan fingerprint density at radius 2 is 1.94 bits per heavy atom. The Kier molecular flexibility index (Phi) is 6.61.